The molecule has 0 saturated carbocycles. The third-order valence-electron chi connectivity index (χ3n) is 5.65. The lowest BCUT2D eigenvalue weighted by molar-refractivity contribution is -0.139. The Morgan fingerprint density at radius 1 is 1.06 bits per heavy atom. The van der Waals surface area contributed by atoms with Crippen LogP contribution in [0.3, 0.4) is 0 Å². The van der Waals surface area contributed by atoms with Crippen molar-refractivity contribution in [1.29, 1.82) is 0 Å². The van der Waals surface area contributed by atoms with Gasteiger partial charge in [-0.25, -0.2) is 8.42 Å². The van der Waals surface area contributed by atoms with Gasteiger partial charge in [-0.15, -0.1) is 0 Å². The molecule has 0 fully saturated rings. The van der Waals surface area contributed by atoms with E-state index in [1.54, 1.807) is 43.3 Å². The van der Waals surface area contributed by atoms with Gasteiger partial charge >= 0.3 is 0 Å². The van der Waals surface area contributed by atoms with E-state index in [2.05, 4.69) is 5.32 Å². The average molecular weight is 522 g/mol. The molecule has 1 N–H and O–H groups in total. The number of hydrogen-bond acceptors (Lipinski definition) is 5. The Hall–Kier alpha value is -2.91. The van der Waals surface area contributed by atoms with Crippen LogP contribution in [0.4, 0.5) is 5.69 Å². The van der Waals surface area contributed by atoms with Gasteiger partial charge in [-0.2, -0.15) is 0 Å². The van der Waals surface area contributed by atoms with Gasteiger partial charge in [-0.05, 0) is 57.0 Å². The number of carbonyl (C=O) groups excluding carboxylic acids is 3. The summed E-state index contributed by atoms with van der Waals surface area (Å²) >= 11 is 5.98. The van der Waals surface area contributed by atoms with E-state index in [1.807, 2.05) is 13.8 Å². The number of Topliss-reactive ketones (excluding diaryl/α,β-unsaturated/α-hetero) is 1. The van der Waals surface area contributed by atoms with Gasteiger partial charge in [0.25, 0.3) is 0 Å². The molecule has 2 atom stereocenters. The van der Waals surface area contributed by atoms with Gasteiger partial charge in [0.05, 0.1) is 11.9 Å². The number of carbonyl (C=O) groups is 3. The molecular formula is C25H32ClN3O5S. The maximum absolute atomic E-state index is 13.5. The summed E-state index contributed by atoms with van der Waals surface area (Å²) in [7, 11) is -3.88. The van der Waals surface area contributed by atoms with Crippen LogP contribution in [0.5, 0.6) is 0 Å². The van der Waals surface area contributed by atoms with Crippen molar-refractivity contribution in [1.82, 2.24) is 10.2 Å². The zero-order chi connectivity index (χ0) is 26.3. The number of ketones is 1. The number of benzene rings is 2. The Morgan fingerprint density at radius 2 is 1.69 bits per heavy atom. The fourth-order valence-corrected chi connectivity index (χ4v) is 4.30. The highest BCUT2D eigenvalue weighted by Crippen LogP contribution is 2.21. The summed E-state index contributed by atoms with van der Waals surface area (Å²) < 4.78 is 26.2. The molecule has 0 aliphatic heterocycles. The number of anilines is 1. The zero-order valence-electron chi connectivity index (χ0n) is 20.6. The van der Waals surface area contributed by atoms with Crippen molar-refractivity contribution in [3.05, 3.63) is 64.7 Å². The van der Waals surface area contributed by atoms with Crippen LogP contribution >= 0.6 is 11.6 Å². The van der Waals surface area contributed by atoms with Crippen molar-refractivity contribution >= 4 is 44.9 Å². The van der Waals surface area contributed by atoms with Gasteiger partial charge in [-0.1, -0.05) is 42.8 Å². The Kier molecular flexibility index (Phi) is 9.85. The first-order valence-corrected chi connectivity index (χ1v) is 13.5. The second kappa shape index (κ2) is 12.2. The monoisotopic (exact) mass is 521 g/mol. The predicted octanol–water partition coefficient (Wildman–Crippen LogP) is 3.64. The topological polar surface area (TPSA) is 104 Å². The van der Waals surface area contributed by atoms with Crippen LogP contribution in [-0.2, 0) is 26.2 Å². The molecule has 0 unspecified atom stereocenters. The molecule has 35 heavy (non-hydrogen) atoms. The highest BCUT2D eigenvalue weighted by molar-refractivity contribution is 7.92. The second-order valence-corrected chi connectivity index (χ2v) is 10.9. The SMILES string of the molecule is CC[C@H](C)NC(=O)[C@@H](C)N(Cc1ccc(Cl)cc1)C(=O)CN(c1cccc(C(C)=O)c1)S(C)(=O)=O. The molecule has 0 heterocycles. The lowest BCUT2D eigenvalue weighted by Crippen LogP contribution is -2.52. The Labute approximate surface area is 212 Å². The molecule has 0 aliphatic carbocycles. The molecule has 0 aromatic heterocycles. The number of nitrogens with one attached hydrogen (secondary N) is 1. The van der Waals surface area contributed by atoms with E-state index in [0.29, 0.717) is 10.6 Å². The maximum atomic E-state index is 13.5. The first kappa shape index (κ1) is 28.3. The van der Waals surface area contributed by atoms with E-state index in [4.69, 9.17) is 11.6 Å². The van der Waals surface area contributed by atoms with Crippen LogP contribution in [0.15, 0.2) is 48.5 Å². The van der Waals surface area contributed by atoms with Crippen molar-refractivity contribution < 1.29 is 22.8 Å². The van der Waals surface area contributed by atoms with Gasteiger partial charge < -0.3 is 10.2 Å². The van der Waals surface area contributed by atoms with Gasteiger partial charge in [-0.3, -0.25) is 18.7 Å². The van der Waals surface area contributed by atoms with Crippen LogP contribution in [0, 0.1) is 0 Å². The highest BCUT2D eigenvalue weighted by Gasteiger charge is 2.30. The average Bonchev–Trinajstić information content (AvgIpc) is 2.80. The minimum absolute atomic E-state index is 0.0795. The number of amides is 2. The highest BCUT2D eigenvalue weighted by atomic mass is 35.5. The molecule has 0 radical (unpaired) electrons. The molecule has 2 aromatic rings. The van der Waals surface area contributed by atoms with Gasteiger partial charge in [0.2, 0.25) is 21.8 Å². The van der Waals surface area contributed by atoms with E-state index in [0.717, 1.165) is 22.5 Å². The molecule has 8 nitrogen and oxygen atoms in total. The number of hydrogen-bond donors (Lipinski definition) is 1. The lowest BCUT2D eigenvalue weighted by atomic mass is 10.1. The molecule has 0 saturated heterocycles. The van der Waals surface area contributed by atoms with Crippen LogP contribution in [0.25, 0.3) is 0 Å². The molecule has 10 heteroatoms. The minimum Gasteiger partial charge on any atom is -0.352 e. The smallest absolute Gasteiger partial charge is 0.244 e. The maximum Gasteiger partial charge on any atom is 0.244 e. The predicted molar refractivity (Wildman–Crippen MR) is 138 cm³/mol. The standard InChI is InChI=1S/C25H32ClN3O5S/c1-6-17(2)27-25(32)18(3)28(15-20-10-12-22(26)13-11-20)24(31)16-29(35(5,33)34)23-9-7-8-21(14-23)19(4)30/h7-14,17-18H,6,15-16H2,1-5H3,(H,27,32)/t17-,18+/m0/s1. The second-order valence-electron chi connectivity index (χ2n) is 8.52. The lowest BCUT2D eigenvalue weighted by Gasteiger charge is -2.32. The third kappa shape index (κ3) is 8.07. The summed E-state index contributed by atoms with van der Waals surface area (Å²) in [6.45, 7) is 6.33. The van der Waals surface area contributed by atoms with Crippen LogP contribution in [0.1, 0.15) is 50.0 Å². The number of rotatable bonds is 11. The summed E-state index contributed by atoms with van der Waals surface area (Å²) in [5.41, 5.74) is 1.25. The molecule has 190 valence electrons. The molecule has 2 amide bonds. The molecule has 2 rings (SSSR count). The zero-order valence-corrected chi connectivity index (χ0v) is 22.2. The summed E-state index contributed by atoms with van der Waals surface area (Å²) in [5, 5.41) is 3.40. The summed E-state index contributed by atoms with van der Waals surface area (Å²) in [6, 6.07) is 12.0. The quantitative estimate of drug-likeness (QED) is 0.455. The van der Waals surface area contributed by atoms with E-state index in [9.17, 15) is 22.8 Å². The fraction of sp³-hybridized carbons (Fsp3) is 0.400. The van der Waals surface area contributed by atoms with Gasteiger partial charge in [0.15, 0.2) is 5.78 Å². The largest absolute Gasteiger partial charge is 0.352 e. The van der Waals surface area contributed by atoms with Crippen LogP contribution in [-0.4, -0.2) is 55.8 Å². The summed E-state index contributed by atoms with van der Waals surface area (Å²) in [4.78, 5) is 39.5. The fourth-order valence-electron chi connectivity index (χ4n) is 3.33. The van der Waals surface area contributed by atoms with Crippen molar-refractivity contribution in [2.75, 3.05) is 17.1 Å². The first-order valence-electron chi connectivity index (χ1n) is 11.3. The summed E-state index contributed by atoms with van der Waals surface area (Å²) in [5.74, 6) is -1.14. The van der Waals surface area contributed by atoms with E-state index in [1.165, 1.54) is 24.0 Å². The van der Waals surface area contributed by atoms with Crippen LogP contribution in [0.2, 0.25) is 5.02 Å². The number of nitrogens with zero attached hydrogens (tertiary/aromatic N) is 2. The molecule has 0 spiro atoms. The van der Waals surface area contributed by atoms with Crippen molar-refractivity contribution in [3.8, 4) is 0 Å². The Balaban J connectivity index is 2.41. The van der Waals surface area contributed by atoms with Gasteiger partial charge in [0.1, 0.15) is 12.6 Å². The van der Waals surface area contributed by atoms with Gasteiger partial charge in [0, 0.05) is 23.2 Å². The molecule has 0 aliphatic rings. The normalized spacial score (nSPS) is 13.0. The first-order chi connectivity index (χ1) is 16.3. The molecule has 0 bridgehead atoms. The van der Waals surface area contributed by atoms with Crippen LogP contribution < -0.4 is 9.62 Å². The van der Waals surface area contributed by atoms with Crippen molar-refractivity contribution in [2.24, 2.45) is 0 Å². The Morgan fingerprint density at radius 3 is 2.23 bits per heavy atom. The minimum atomic E-state index is -3.88. The Bertz CT molecular complexity index is 1170. The molecular weight excluding hydrogens is 490 g/mol. The van der Waals surface area contributed by atoms with Crippen molar-refractivity contribution in [2.45, 2.75) is 52.7 Å². The van der Waals surface area contributed by atoms with Crippen molar-refractivity contribution in [3.63, 3.8) is 0 Å². The number of sulfonamides is 1. The summed E-state index contributed by atoms with van der Waals surface area (Å²) in [6.07, 6.45) is 1.71. The van der Waals surface area contributed by atoms with E-state index >= 15 is 0 Å². The van der Waals surface area contributed by atoms with E-state index < -0.39 is 28.5 Å². The molecule has 2 aromatic carbocycles. The number of halogens is 1. The third-order valence-corrected chi connectivity index (χ3v) is 7.05. The van der Waals surface area contributed by atoms with E-state index in [-0.39, 0.29) is 30.0 Å².